The molecular weight excluding hydrogens is 448 g/mol. The molecule has 106 valence electrons. The lowest BCUT2D eigenvalue weighted by atomic mass is 10.1. The zero-order chi connectivity index (χ0) is 15.1. The van der Waals surface area contributed by atoms with Crippen LogP contribution in [0.2, 0.25) is 15.1 Å². The second kappa shape index (κ2) is 5.87. The molecule has 1 heterocycles. The Bertz CT molecular complexity index is 674. The van der Waals surface area contributed by atoms with Gasteiger partial charge in [0.2, 0.25) is 0 Å². The number of aromatic nitrogens is 1. The van der Waals surface area contributed by atoms with Crippen molar-refractivity contribution in [2.75, 3.05) is 0 Å². The number of hydrogen-bond acceptors (Lipinski definition) is 1. The van der Waals surface area contributed by atoms with Gasteiger partial charge in [-0.25, -0.2) is 0 Å². The van der Waals surface area contributed by atoms with Gasteiger partial charge >= 0.3 is 6.18 Å². The lowest BCUT2D eigenvalue weighted by Gasteiger charge is -2.11. The van der Waals surface area contributed by atoms with E-state index in [1.807, 2.05) is 0 Å². The number of nitrogens with zero attached hydrogens (tertiary/aromatic N) is 1. The highest BCUT2D eigenvalue weighted by Gasteiger charge is 2.33. The van der Waals surface area contributed by atoms with Gasteiger partial charge in [-0.15, -0.1) is 0 Å². The van der Waals surface area contributed by atoms with Crippen LogP contribution in [0.5, 0.6) is 0 Å². The number of hydrogen-bond donors (Lipinski definition) is 0. The fraction of sp³-hybridized carbons (Fsp3) is 0.0833. The largest absolute Gasteiger partial charge is 0.418 e. The standard InChI is InChI=1S/C12H4Cl3F3IN/c13-7-2-1-5(10(14)11(7)15)9-3-8(19)6(4-20-9)12(16,17)18/h1-4H. The topological polar surface area (TPSA) is 12.9 Å². The second-order valence-electron chi connectivity index (χ2n) is 3.77. The Morgan fingerprint density at radius 2 is 1.70 bits per heavy atom. The first-order valence-corrected chi connectivity index (χ1v) is 7.29. The number of halogens is 7. The zero-order valence-electron chi connectivity index (χ0n) is 9.40. The number of alkyl halides is 3. The van der Waals surface area contributed by atoms with E-state index in [4.69, 9.17) is 34.8 Å². The van der Waals surface area contributed by atoms with Crippen molar-refractivity contribution in [2.24, 2.45) is 0 Å². The fourth-order valence-electron chi connectivity index (χ4n) is 1.51. The van der Waals surface area contributed by atoms with Gasteiger partial charge in [0, 0.05) is 15.3 Å². The fourth-order valence-corrected chi connectivity index (χ4v) is 2.88. The van der Waals surface area contributed by atoms with Gasteiger partial charge in [0.15, 0.2) is 0 Å². The molecule has 0 unspecified atom stereocenters. The quantitative estimate of drug-likeness (QED) is 0.364. The SMILES string of the molecule is FC(F)(F)c1cnc(-c2ccc(Cl)c(Cl)c2Cl)cc1I. The van der Waals surface area contributed by atoms with Crippen LogP contribution in [-0.4, -0.2) is 4.98 Å². The van der Waals surface area contributed by atoms with Crippen LogP contribution in [0.1, 0.15) is 5.56 Å². The molecule has 20 heavy (non-hydrogen) atoms. The molecule has 0 amide bonds. The van der Waals surface area contributed by atoms with Gasteiger partial charge in [-0.3, -0.25) is 4.98 Å². The molecule has 0 saturated carbocycles. The van der Waals surface area contributed by atoms with E-state index in [0.717, 1.165) is 6.20 Å². The molecule has 0 fully saturated rings. The third kappa shape index (κ3) is 3.16. The molecule has 0 N–H and O–H groups in total. The molecule has 0 aliphatic carbocycles. The van der Waals surface area contributed by atoms with Gasteiger partial charge in [-0.05, 0) is 40.8 Å². The first kappa shape index (κ1) is 16.1. The van der Waals surface area contributed by atoms with Crippen molar-refractivity contribution in [3.63, 3.8) is 0 Å². The molecule has 0 spiro atoms. The van der Waals surface area contributed by atoms with E-state index in [1.165, 1.54) is 12.1 Å². The summed E-state index contributed by atoms with van der Waals surface area (Å²) in [6, 6.07) is 4.37. The molecule has 8 heteroatoms. The molecule has 1 nitrogen and oxygen atoms in total. The van der Waals surface area contributed by atoms with Crippen molar-refractivity contribution in [1.29, 1.82) is 0 Å². The van der Waals surface area contributed by atoms with Crippen molar-refractivity contribution in [3.05, 3.63) is 48.6 Å². The molecule has 1 aromatic heterocycles. The van der Waals surface area contributed by atoms with Crippen molar-refractivity contribution >= 4 is 57.4 Å². The normalized spacial score (nSPS) is 11.8. The minimum Gasteiger partial charge on any atom is -0.256 e. The van der Waals surface area contributed by atoms with Gasteiger partial charge in [-0.2, -0.15) is 13.2 Å². The highest BCUT2D eigenvalue weighted by Crippen LogP contribution is 2.39. The lowest BCUT2D eigenvalue weighted by molar-refractivity contribution is -0.138. The summed E-state index contributed by atoms with van der Waals surface area (Å²) in [6.45, 7) is 0. The van der Waals surface area contributed by atoms with E-state index >= 15 is 0 Å². The number of pyridine rings is 1. The van der Waals surface area contributed by atoms with Gasteiger partial charge in [0.1, 0.15) is 0 Å². The molecule has 0 aliphatic rings. The van der Waals surface area contributed by atoms with Gasteiger partial charge < -0.3 is 0 Å². The molecule has 0 aliphatic heterocycles. The summed E-state index contributed by atoms with van der Waals surface area (Å²) in [6.07, 6.45) is -3.67. The van der Waals surface area contributed by atoms with E-state index in [1.54, 1.807) is 28.7 Å². The van der Waals surface area contributed by atoms with Crippen LogP contribution in [0, 0.1) is 3.57 Å². The maximum absolute atomic E-state index is 12.7. The maximum Gasteiger partial charge on any atom is 0.418 e. The molecule has 2 aromatic rings. The van der Waals surface area contributed by atoms with Gasteiger partial charge in [0.05, 0.1) is 26.3 Å². The number of benzene rings is 1. The number of rotatable bonds is 1. The predicted molar refractivity (Wildman–Crippen MR) is 82.4 cm³/mol. The lowest BCUT2D eigenvalue weighted by Crippen LogP contribution is -2.08. The van der Waals surface area contributed by atoms with Crippen LogP contribution in [0.3, 0.4) is 0 Å². The smallest absolute Gasteiger partial charge is 0.256 e. The van der Waals surface area contributed by atoms with Crippen LogP contribution < -0.4 is 0 Å². The highest BCUT2D eigenvalue weighted by atomic mass is 127. The summed E-state index contributed by atoms with van der Waals surface area (Å²) >= 11 is 19.3. The van der Waals surface area contributed by atoms with Gasteiger partial charge in [0.25, 0.3) is 0 Å². The minimum absolute atomic E-state index is 0.0299. The first-order chi connectivity index (χ1) is 9.21. The van der Waals surface area contributed by atoms with Crippen LogP contribution in [0.25, 0.3) is 11.3 Å². The van der Waals surface area contributed by atoms with Crippen LogP contribution in [0.4, 0.5) is 13.2 Å². The second-order valence-corrected chi connectivity index (χ2v) is 6.10. The van der Waals surface area contributed by atoms with E-state index in [9.17, 15) is 13.2 Å². The van der Waals surface area contributed by atoms with E-state index in [0.29, 0.717) is 11.3 Å². The molecule has 1 aromatic carbocycles. The average molecular weight is 452 g/mol. The zero-order valence-corrected chi connectivity index (χ0v) is 13.8. The Hall–Kier alpha value is -0.240. The molecule has 0 atom stereocenters. The summed E-state index contributed by atoms with van der Waals surface area (Å²) in [5.74, 6) is 0. The summed E-state index contributed by atoms with van der Waals surface area (Å²) < 4.78 is 38.0. The molecule has 2 rings (SSSR count). The highest BCUT2D eigenvalue weighted by molar-refractivity contribution is 14.1. The molecule has 0 radical (unpaired) electrons. The maximum atomic E-state index is 12.7. The Morgan fingerprint density at radius 1 is 1.05 bits per heavy atom. The Morgan fingerprint density at radius 3 is 2.25 bits per heavy atom. The Balaban J connectivity index is 2.56. The molecule has 0 saturated heterocycles. The monoisotopic (exact) mass is 451 g/mol. The van der Waals surface area contributed by atoms with Crippen LogP contribution in [0.15, 0.2) is 24.4 Å². The van der Waals surface area contributed by atoms with E-state index in [-0.39, 0.29) is 18.6 Å². The Labute approximate surface area is 141 Å². The summed E-state index contributed by atoms with van der Waals surface area (Å²) in [5, 5.41) is 0.562. The van der Waals surface area contributed by atoms with Crippen molar-refractivity contribution in [2.45, 2.75) is 6.18 Å². The molecular formula is C12H4Cl3F3IN. The van der Waals surface area contributed by atoms with Gasteiger partial charge in [-0.1, -0.05) is 34.8 Å². The Kier molecular flexibility index (Phi) is 4.73. The average Bonchev–Trinajstić information content (AvgIpc) is 2.34. The summed E-state index contributed by atoms with van der Waals surface area (Å²) in [5.41, 5.74) is -0.0725. The molecule has 0 bridgehead atoms. The third-order valence-electron chi connectivity index (χ3n) is 2.47. The summed E-state index contributed by atoms with van der Waals surface area (Å²) in [4.78, 5) is 3.80. The summed E-state index contributed by atoms with van der Waals surface area (Å²) in [7, 11) is 0. The predicted octanol–water partition coefficient (Wildman–Crippen LogP) is 6.33. The minimum atomic E-state index is -4.44. The van der Waals surface area contributed by atoms with Crippen LogP contribution >= 0.6 is 57.4 Å². The van der Waals surface area contributed by atoms with Crippen molar-refractivity contribution in [3.8, 4) is 11.3 Å². The third-order valence-corrected chi connectivity index (χ3v) is 4.66. The van der Waals surface area contributed by atoms with Crippen molar-refractivity contribution < 1.29 is 13.2 Å². The van der Waals surface area contributed by atoms with Crippen molar-refractivity contribution in [1.82, 2.24) is 4.98 Å². The van der Waals surface area contributed by atoms with E-state index < -0.39 is 11.7 Å². The van der Waals surface area contributed by atoms with E-state index in [2.05, 4.69) is 4.98 Å². The first-order valence-electron chi connectivity index (χ1n) is 5.08. The van der Waals surface area contributed by atoms with Crippen LogP contribution in [-0.2, 0) is 6.18 Å².